The first-order chi connectivity index (χ1) is 11.5. The summed E-state index contributed by atoms with van der Waals surface area (Å²) in [6, 6.07) is 15.2. The quantitative estimate of drug-likeness (QED) is 0.904. The summed E-state index contributed by atoms with van der Waals surface area (Å²) in [5.74, 6) is 0.709. The standard InChI is InChI=1S/C22H27NO/c1-4-23-12-11-20-19(14-23)18-10-7-16(3)13-21(18)22(20,24)17-8-5-15(2)6-9-17/h5-10,13,19-20,24H,4,11-12,14H2,1-3H3/t19-,20-,22?/m1/s1. The Kier molecular flexibility index (Phi) is 3.78. The minimum absolute atomic E-state index is 0.278. The predicted octanol–water partition coefficient (Wildman–Crippen LogP) is 3.98. The van der Waals surface area contributed by atoms with Gasteiger partial charge in [-0.25, -0.2) is 0 Å². The third kappa shape index (κ3) is 2.24. The van der Waals surface area contributed by atoms with Crippen molar-refractivity contribution in [3.63, 3.8) is 0 Å². The van der Waals surface area contributed by atoms with Crippen LogP contribution in [0.5, 0.6) is 0 Å². The molecule has 4 rings (SSSR count). The van der Waals surface area contributed by atoms with Crippen LogP contribution in [0.15, 0.2) is 42.5 Å². The average Bonchev–Trinajstić information content (AvgIpc) is 2.84. The minimum atomic E-state index is -0.848. The van der Waals surface area contributed by atoms with E-state index in [2.05, 4.69) is 68.1 Å². The molecular weight excluding hydrogens is 294 g/mol. The van der Waals surface area contributed by atoms with Gasteiger partial charge in [0.25, 0.3) is 0 Å². The van der Waals surface area contributed by atoms with Crippen LogP contribution < -0.4 is 0 Å². The highest BCUT2D eigenvalue weighted by molar-refractivity contribution is 5.51. The number of hydrogen-bond donors (Lipinski definition) is 1. The van der Waals surface area contributed by atoms with Gasteiger partial charge in [-0.05, 0) is 50.0 Å². The Bertz CT molecular complexity index is 751. The van der Waals surface area contributed by atoms with Crippen molar-refractivity contribution in [2.45, 2.75) is 38.7 Å². The van der Waals surface area contributed by atoms with Crippen LogP contribution in [-0.2, 0) is 5.60 Å². The number of hydrogen-bond acceptors (Lipinski definition) is 2. The second kappa shape index (κ2) is 5.72. The van der Waals surface area contributed by atoms with Crippen LogP contribution in [0.4, 0.5) is 0 Å². The Morgan fingerprint density at radius 1 is 1.08 bits per heavy atom. The Morgan fingerprint density at radius 3 is 2.50 bits per heavy atom. The summed E-state index contributed by atoms with van der Waals surface area (Å²) in [5.41, 5.74) is 5.16. The van der Waals surface area contributed by atoms with E-state index in [9.17, 15) is 5.11 Å². The molecule has 2 nitrogen and oxygen atoms in total. The molecule has 0 bridgehead atoms. The fraction of sp³-hybridized carbons (Fsp3) is 0.455. The first-order valence-electron chi connectivity index (χ1n) is 9.17. The van der Waals surface area contributed by atoms with Crippen molar-refractivity contribution in [2.24, 2.45) is 5.92 Å². The molecule has 1 fully saturated rings. The number of aryl methyl sites for hydroxylation is 2. The Morgan fingerprint density at radius 2 is 1.79 bits per heavy atom. The van der Waals surface area contributed by atoms with Gasteiger partial charge in [-0.2, -0.15) is 0 Å². The molecule has 3 atom stereocenters. The van der Waals surface area contributed by atoms with Gasteiger partial charge in [-0.1, -0.05) is 60.5 Å². The van der Waals surface area contributed by atoms with Crippen LogP contribution in [0.25, 0.3) is 0 Å². The van der Waals surface area contributed by atoms with Gasteiger partial charge in [-0.3, -0.25) is 0 Å². The third-order valence-corrected chi connectivity index (χ3v) is 6.19. The molecule has 0 aromatic heterocycles. The normalized spacial score (nSPS) is 29.3. The largest absolute Gasteiger partial charge is 0.380 e. The van der Waals surface area contributed by atoms with E-state index in [0.29, 0.717) is 5.92 Å². The molecule has 2 aliphatic rings. The van der Waals surface area contributed by atoms with E-state index in [4.69, 9.17) is 0 Å². The van der Waals surface area contributed by atoms with Crippen molar-refractivity contribution in [1.29, 1.82) is 0 Å². The summed E-state index contributed by atoms with van der Waals surface area (Å²) in [5, 5.41) is 12.0. The van der Waals surface area contributed by atoms with Crippen LogP contribution in [0, 0.1) is 19.8 Å². The number of aliphatic hydroxyl groups is 1. The van der Waals surface area contributed by atoms with E-state index in [-0.39, 0.29) is 5.92 Å². The van der Waals surface area contributed by atoms with Gasteiger partial charge in [-0.15, -0.1) is 0 Å². The zero-order valence-corrected chi connectivity index (χ0v) is 14.9. The number of nitrogens with zero attached hydrogens (tertiary/aromatic N) is 1. The van der Waals surface area contributed by atoms with E-state index in [1.54, 1.807) is 0 Å². The number of piperidine rings is 1. The highest BCUT2D eigenvalue weighted by Gasteiger charge is 2.53. The van der Waals surface area contributed by atoms with Gasteiger partial charge in [0.15, 0.2) is 0 Å². The topological polar surface area (TPSA) is 23.5 Å². The van der Waals surface area contributed by atoms with Crippen molar-refractivity contribution in [3.05, 3.63) is 70.3 Å². The van der Waals surface area contributed by atoms with Crippen molar-refractivity contribution in [2.75, 3.05) is 19.6 Å². The molecular formula is C22H27NO. The lowest BCUT2D eigenvalue weighted by atomic mass is 9.74. The molecule has 0 radical (unpaired) electrons. The van der Waals surface area contributed by atoms with Gasteiger partial charge < -0.3 is 10.0 Å². The van der Waals surface area contributed by atoms with Crippen LogP contribution in [0.2, 0.25) is 0 Å². The summed E-state index contributed by atoms with van der Waals surface area (Å²) < 4.78 is 0. The van der Waals surface area contributed by atoms with Crippen LogP contribution in [0.3, 0.4) is 0 Å². The van der Waals surface area contributed by atoms with Gasteiger partial charge >= 0.3 is 0 Å². The Balaban J connectivity index is 1.87. The summed E-state index contributed by atoms with van der Waals surface area (Å²) in [6.45, 7) is 9.69. The number of likely N-dealkylation sites (N-methyl/N-ethyl adjacent to an activating group) is 1. The van der Waals surface area contributed by atoms with Crippen LogP contribution in [-0.4, -0.2) is 29.6 Å². The smallest absolute Gasteiger partial charge is 0.118 e. The maximum absolute atomic E-state index is 12.0. The summed E-state index contributed by atoms with van der Waals surface area (Å²) >= 11 is 0. The Labute approximate surface area is 145 Å². The lowest BCUT2D eigenvalue weighted by Gasteiger charge is -2.40. The predicted molar refractivity (Wildman–Crippen MR) is 98.3 cm³/mol. The van der Waals surface area contributed by atoms with Gasteiger partial charge in [0.2, 0.25) is 0 Å². The molecule has 1 aliphatic heterocycles. The highest BCUT2D eigenvalue weighted by atomic mass is 16.3. The molecule has 126 valence electrons. The maximum Gasteiger partial charge on any atom is 0.118 e. The van der Waals surface area contributed by atoms with Crippen molar-refractivity contribution in [3.8, 4) is 0 Å². The summed E-state index contributed by atoms with van der Waals surface area (Å²) in [4.78, 5) is 2.52. The fourth-order valence-electron chi connectivity index (χ4n) is 4.82. The lowest BCUT2D eigenvalue weighted by Crippen LogP contribution is -2.44. The minimum Gasteiger partial charge on any atom is -0.380 e. The van der Waals surface area contributed by atoms with E-state index < -0.39 is 5.60 Å². The molecule has 2 heteroatoms. The first-order valence-corrected chi connectivity index (χ1v) is 9.17. The molecule has 1 heterocycles. The van der Waals surface area contributed by atoms with Crippen LogP contribution in [0.1, 0.15) is 47.1 Å². The van der Waals surface area contributed by atoms with Crippen LogP contribution >= 0.6 is 0 Å². The average molecular weight is 321 g/mol. The van der Waals surface area contributed by atoms with Gasteiger partial charge in [0.05, 0.1) is 0 Å². The lowest BCUT2D eigenvalue weighted by molar-refractivity contribution is -0.00741. The molecule has 1 aliphatic carbocycles. The molecule has 1 N–H and O–H groups in total. The van der Waals surface area contributed by atoms with Gasteiger partial charge in [0, 0.05) is 18.4 Å². The molecule has 1 saturated heterocycles. The summed E-state index contributed by atoms with van der Waals surface area (Å²) in [6.07, 6.45) is 1.05. The molecule has 0 spiro atoms. The summed E-state index contributed by atoms with van der Waals surface area (Å²) in [7, 11) is 0. The second-order valence-corrected chi connectivity index (χ2v) is 7.62. The van der Waals surface area contributed by atoms with Crippen molar-refractivity contribution >= 4 is 0 Å². The third-order valence-electron chi connectivity index (χ3n) is 6.19. The highest BCUT2D eigenvalue weighted by Crippen LogP contribution is 2.55. The van der Waals surface area contributed by atoms with E-state index >= 15 is 0 Å². The van der Waals surface area contributed by atoms with E-state index in [1.165, 1.54) is 16.7 Å². The van der Waals surface area contributed by atoms with E-state index in [1.807, 2.05) is 0 Å². The Hall–Kier alpha value is -1.64. The molecule has 0 saturated carbocycles. The van der Waals surface area contributed by atoms with Gasteiger partial charge in [0.1, 0.15) is 5.60 Å². The molecule has 1 unspecified atom stereocenters. The number of likely N-dealkylation sites (tertiary alicyclic amines) is 1. The molecule has 0 amide bonds. The number of benzene rings is 2. The monoisotopic (exact) mass is 321 g/mol. The SMILES string of the molecule is CCN1CC[C@@H]2[C@H](C1)c1ccc(C)cc1C2(O)c1ccc(C)cc1. The zero-order chi connectivity index (χ0) is 16.9. The maximum atomic E-state index is 12.0. The fourth-order valence-corrected chi connectivity index (χ4v) is 4.82. The molecule has 2 aromatic rings. The second-order valence-electron chi connectivity index (χ2n) is 7.62. The number of fused-ring (bicyclic) bond motifs is 3. The van der Waals surface area contributed by atoms with Crippen molar-refractivity contribution in [1.82, 2.24) is 4.90 Å². The molecule has 24 heavy (non-hydrogen) atoms. The first kappa shape index (κ1) is 15.9. The number of rotatable bonds is 2. The zero-order valence-electron chi connectivity index (χ0n) is 14.9. The van der Waals surface area contributed by atoms with E-state index in [0.717, 1.165) is 37.2 Å². The van der Waals surface area contributed by atoms with Crippen molar-refractivity contribution < 1.29 is 5.11 Å². The molecule has 2 aromatic carbocycles.